The van der Waals surface area contributed by atoms with Gasteiger partial charge in [0, 0.05) is 21.4 Å². The van der Waals surface area contributed by atoms with E-state index in [2.05, 4.69) is 4.98 Å². The van der Waals surface area contributed by atoms with Gasteiger partial charge in [-0.1, -0.05) is 29.8 Å². The fraction of sp³-hybridized carbons (Fsp3) is 0. The summed E-state index contributed by atoms with van der Waals surface area (Å²) in [5.41, 5.74) is 0.750. The molecule has 1 aromatic heterocycles. The van der Waals surface area contributed by atoms with Crippen LogP contribution in [0.1, 0.15) is 10.5 Å². The van der Waals surface area contributed by atoms with Crippen LogP contribution >= 0.6 is 11.6 Å². The highest BCUT2D eigenvalue weighted by atomic mass is 35.5. The van der Waals surface area contributed by atoms with Crippen LogP contribution in [0.2, 0.25) is 5.02 Å². The van der Waals surface area contributed by atoms with Gasteiger partial charge in [-0.2, -0.15) is 0 Å². The summed E-state index contributed by atoms with van der Waals surface area (Å²) in [6.45, 7) is 0. The monoisotopic (exact) mass is 289 g/mol. The van der Waals surface area contributed by atoms with Gasteiger partial charge < -0.3 is 10.1 Å². The molecule has 3 aromatic rings. The van der Waals surface area contributed by atoms with Crippen LogP contribution < -0.4 is 0 Å². The minimum Gasteiger partial charge on any atom is -0.477 e. The minimum absolute atomic E-state index is 0.0231. The van der Waals surface area contributed by atoms with Crippen molar-refractivity contribution in [1.82, 2.24) is 4.98 Å². The van der Waals surface area contributed by atoms with Crippen molar-refractivity contribution in [2.75, 3.05) is 0 Å². The molecule has 0 aliphatic heterocycles. The molecule has 0 spiro atoms. The Bertz CT molecular complexity index is 826. The number of rotatable bonds is 2. The Morgan fingerprint density at radius 3 is 2.60 bits per heavy atom. The molecular formula is C15H9ClFNO2. The quantitative estimate of drug-likeness (QED) is 0.738. The number of fused-ring (bicyclic) bond motifs is 1. The third kappa shape index (κ3) is 1.94. The molecule has 0 saturated carbocycles. The van der Waals surface area contributed by atoms with Gasteiger partial charge in [-0.25, -0.2) is 9.18 Å². The number of nitrogens with one attached hydrogen (secondary N) is 1. The number of carboxylic acids is 1. The maximum atomic E-state index is 13.9. The lowest BCUT2D eigenvalue weighted by Gasteiger charge is -2.01. The van der Waals surface area contributed by atoms with Gasteiger partial charge in [0.2, 0.25) is 0 Å². The third-order valence-electron chi connectivity index (χ3n) is 3.13. The van der Waals surface area contributed by atoms with Crippen LogP contribution in [0, 0.1) is 5.82 Å². The maximum absolute atomic E-state index is 13.9. The topological polar surface area (TPSA) is 53.1 Å². The van der Waals surface area contributed by atoms with Crippen LogP contribution in [0.25, 0.3) is 22.0 Å². The van der Waals surface area contributed by atoms with E-state index < -0.39 is 11.8 Å². The Kier molecular flexibility index (Phi) is 2.95. The smallest absolute Gasteiger partial charge is 0.352 e. The number of H-pyrrole nitrogens is 1. The van der Waals surface area contributed by atoms with Crippen molar-refractivity contribution in [1.29, 1.82) is 0 Å². The van der Waals surface area contributed by atoms with E-state index in [4.69, 9.17) is 11.6 Å². The molecule has 5 heteroatoms. The first-order chi connectivity index (χ1) is 9.58. The van der Waals surface area contributed by atoms with Crippen LogP contribution in [0.4, 0.5) is 4.39 Å². The summed E-state index contributed by atoms with van der Waals surface area (Å²) < 4.78 is 13.9. The summed E-state index contributed by atoms with van der Waals surface area (Å²) in [6.07, 6.45) is 0. The largest absolute Gasteiger partial charge is 0.477 e. The fourth-order valence-electron chi connectivity index (χ4n) is 2.25. The van der Waals surface area contributed by atoms with E-state index in [1.807, 2.05) is 0 Å². The predicted molar refractivity (Wildman–Crippen MR) is 75.7 cm³/mol. The molecule has 0 unspecified atom stereocenters. The summed E-state index contributed by atoms with van der Waals surface area (Å²) in [5.74, 6) is -1.52. The first-order valence-electron chi connectivity index (χ1n) is 5.87. The van der Waals surface area contributed by atoms with E-state index >= 15 is 0 Å². The summed E-state index contributed by atoms with van der Waals surface area (Å²) >= 11 is 5.95. The Labute approximate surface area is 118 Å². The van der Waals surface area contributed by atoms with E-state index in [0.717, 1.165) is 0 Å². The third-order valence-corrected chi connectivity index (χ3v) is 3.36. The average molecular weight is 290 g/mol. The van der Waals surface area contributed by atoms with E-state index in [1.54, 1.807) is 36.4 Å². The Morgan fingerprint density at radius 2 is 1.90 bits per heavy atom. The lowest BCUT2D eigenvalue weighted by atomic mass is 10.1. The van der Waals surface area contributed by atoms with Crippen molar-refractivity contribution < 1.29 is 14.3 Å². The van der Waals surface area contributed by atoms with Crippen LogP contribution in [0.5, 0.6) is 0 Å². The van der Waals surface area contributed by atoms with Gasteiger partial charge in [0.25, 0.3) is 0 Å². The van der Waals surface area contributed by atoms with Crippen LogP contribution in [0.3, 0.4) is 0 Å². The molecule has 0 fully saturated rings. The molecule has 3 nitrogen and oxygen atoms in total. The summed E-state index contributed by atoms with van der Waals surface area (Å²) in [5, 5.41) is 10.8. The summed E-state index contributed by atoms with van der Waals surface area (Å²) in [6, 6.07) is 11.0. The SMILES string of the molecule is O=C(O)c1[nH]c(-c2ccccc2F)c2cc(Cl)ccc12. The van der Waals surface area contributed by atoms with Gasteiger partial charge in [-0.05, 0) is 24.3 Å². The van der Waals surface area contributed by atoms with Gasteiger partial charge >= 0.3 is 5.97 Å². The van der Waals surface area contributed by atoms with Gasteiger partial charge in [0.1, 0.15) is 11.5 Å². The van der Waals surface area contributed by atoms with Crippen LogP contribution in [-0.4, -0.2) is 16.1 Å². The molecule has 0 bridgehead atoms. The first kappa shape index (κ1) is 12.7. The van der Waals surface area contributed by atoms with Gasteiger partial charge in [0.05, 0.1) is 5.69 Å². The number of aromatic amines is 1. The van der Waals surface area contributed by atoms with E-state index in [-0.39, 0.29) is 5.69 Å². The first-order valence-corrected chi connectivity index (χ1v) is 6.25. The minimum atomic E-state index is -1.10. The number of hydrogen-bond acceptors (Lipinski definition) is 1. The molecule has 100 valence electrons. The van der Waals surface area contributed by atoms with Gasteiger partial charge in [0.15, 0.2) is 0 Å². The molecule has 0 aliphatic rings. The number of aromatic carboxylic acids is 1. The number of halogens is 2. The number of carbonyl (C=O) groups is 1. The van der Waals surface area contributed by atoms with E-state index in [9.17, 15) is 14.3 Å². The second-order valence-corrected chi connectivity index (χ2v) is 4.79. The standard InChI is InChI=1S/C15H9ClFNO2/c16-8-5-6-9-11(7-8)13(18-14(9)15(19)20)10-3-1-2-4-12(10)17/h1-7,18H,(H,19,20). The van der Waals surface area contributed by atoms with Crippen molar-refractivity contribution in [3.63, 3.8) is 0 Å². The zero-order valence-corrected chi connectivity index (χ0v) is 10.9. The molecule has 0 aliphatic carbocycles. The zero-order valence-electron chi connectivity index (χ0n) is 10.2. The maximum Gasteiger partial charge on any atom is 0.352 e. The highest BCUT2D eigenvalue weighted by Gasteiger charge is 2.18. The normalized spacial score (nSPS) is 10.9. The molecule has 0 atom stereocenters. The summed E-state index contributed by atoms with van der Waals surface area (Å²) in [7, 11) is 0. The molecule has 1 heterocycles. The molecule has 0 radical (unpaired) electrons. The van der Waals surface area contributed by atoms with Crippen LogP contribution in [0.15, 0.2) is 42.5 Å². The molecule has 2 N–H and O–H groups in total. The number of carboxylic acid groups (broad SMARTS) is 1. The molecule has 2 aromatic carbocycles. The predicted octanol–water partition coefficient (Wildman–Crippen LogP) is 4.33. The lowest BCUT2D eigenvalue weighted by Crippen LogP contribution is -1.96. The lowest BCUT2D eigenvalue weighted by molar-refractivity contribution is 0.0693. The molecule has 0 saturated heterocycles. The number of aromatic nitrogens is 1. The van der Waals surface area contributed by atoms with E-state index in [1.165, 1.54) is 6.07 Å². The van der Waals surface area contributed by atoms with Crippen molar-refractivity contribution in [2.45, 2.75) is 0 Å². The van der Waals surface area contributed by atoms with Crippen molar-refractivity contribution in [2.24, 2.45) is 0 Å². The number of benzene rings is 2. The van der Waals surface area contributed by atoms with E-state index in [0.29, 0.717) is 27.1 Å². The second-order valence-electron chi connectivity index (χ2n) is 4.35. The molecular weight excluding hydrogens is 281 g/mol. The van der Waals surface area contributed by atoms with Crippen molar-refractivity contribution in [3.05, 3.63) is 59.0 Å². The highest BCUT2D eigenvalue weighted by molar-refractivity contribution is 6.31. The molecule has 3 rings (SSSR count). The van der Waals surface area contributed by atoms with Gasteiger partial charge in [-0.15, -0.1) is 0 Å². The Balaban J connectivity index is 2.39. The summed E-state index contributed by atoms with van der Waals surface area (Å²) in [4.78, 5) is 14.0. The molecule has 20 heavy (non-hydrogen) atoms. The van der Waals surface area contributed by atoms with Crippen molar-refractivity contribution in [3.8, 4) is 11.3 Å². The highest BCUT2D eigenvalue weighted by Crippen LogP contribution is 2.33. The Hall–Kier alpha value is -2.33. The van der Waals surface area contributed by atoms with Crippen molar-refractivity contribution >= 4 is 28.3 Å². The van der Waals surface area contributed by atoms with Crippen LogP contribution in [-0.2, 0) is 0 Å². The molecule has 0 amide bonds. The Morgan fingerprint density at radius 1 is 1.15 bits per heavy atom. The second kappa shape index (κ2) is 4.65. The number of hydrogen-bond donors (Lipinski definition) is 2. The fourth-order valence-corrected chi connectivity index (χ4v) is 2.42. The van der Waals surface area contributed by atoms with Gasteiger partial charge in [-0.3, -0.25) is 0 Å². The zero-order chi connectivity index (χ0) is 14.3. The average Bonchev–Trinajstić information content (AvgIpc) is 2.78.